The number of carboxylic acid groups (broad SMARTS) is 1. The number of hydrogen-bond donors (Lipinski definition) is 1. The van der Waals surface area contributed by atoms with Gasteiger partial charge in [-0.05, 0) is 28.1 Å². The number of carboxylic acids is 1. The SMILES string of the molecule is N#Cc1c(Br)cc(C(=O)O)cc1C=O. The molecule has 0 atom stereocenters. The van der Waals surface area contributed by atoms with E-state index in [2.05, 4.69) is 15.9 Å². The highest BCUT2D eigenvalue weighted by Gasteiger charge is 2.11. The standard InChI is InChI=1S/C9H4BrNO3/c10-8-2-5(9(13)14)1-6(4-12)7(8)3-11/h1-2,4H,(H,13,14). The van der Waals surface area contributed by atoms with Gasteiger partial charge in [0, 0.05) is 10.0 Å². The predicted octanol–water partition coefficient (Wildman–Crippen LogP) is 1.83. The number of nitriles is 1. The quantitative estimate of drug-likeness (QED) is 0.816. The second-order valence-corrected chi connectivity index (χ2v) is 3.31. The summed E-state index contributed by atoms with van der Waals surface area (Å²) in [4.78, 5) is 21.1. The monoisotopic (exact) mass is 253 g/mol. The maximum Gasteiger partial charge on any atom is 0.335 e. The first-order valence-corrected chi connectivity index (χ1v) is 4.31. The van der Waals surface area contributed by atoms with Crippen LogP contribution in [0.25, 0.3) is 0 Å². The molecule has 0 unspecified atom stereocenters. The van der Waals surface area contributed by atoms with Gasteiger partial charge in [0.25, 0.3) is 0 Å². The summed E-state index contributed by atoms with van der Waals surface area (Å²) >= 11 is 3.02. The molecule has 0 aliphatic heterocycles. The summed E-state index contributed by atoms with van der Waals surface area (Å²) in [5.74, 6) is -1.14. The third kappa shape index (κ3) is 1.80. The average Bonchev–Trinajstić information content (AvgIpc) is 2.16. The van der Waals surface area contributed by atoms with Gasteiger partial charge in [0.2, 0.25) is 0 Å². The largest absolute Gasteiger partial charge is 0.478 e. The van der Waals surface area contributed by atoms with Crippen LogP contribution in [0.15, 0.2) is 16.6 Å². The molecule has 4 nitrogen and oxygen atoms in total. The highest BCUT2D eigenvalue weighted by atomic mass is 79.9. The summed E-state index contributed by atoms with van der Waals surface area (Å²) in [6.07, 6.45) is 0.454. The van der Waals surface area contributed by atoms with E-state index >= 15 is 0 Å². The molecule has 0 spiro atoms. The number of nitrogens with zero attached hydrogens (tertiary/aromatic N) is 1. The lowest BCUT2D eigenvalue weighted by Gasteiger charge is -2.01. The molecule has 5 heteroatoms. The number of halogens is 1. The molecule has 14 heavy (non-hydrogen) atoms. The minimum Gasteiger partial charge on any atom is -0.478 e. The van der Waals surface area contributed by atoms with Crippen molar-refractivity contribution in [3.63, 3.8) is 0 Å². The van der Waals surface area contributed by atoms with Gasteiger partial charge in [0.1, 0.15) is 6.07 Å². The molecular weight excluding hydrogens is 250 g/mol. The Bertz CT molecular complexity index is 448. The number of carbonyl (C=O) groups is 2. The fraction of sp³-hybridized carbons (Fsp3) is 0. The number of hydrogen-bond acceptors (Lipinski definition) is 3. The maximum atomic E-state index is 10.6. The third-order valence-electron chi connectivity index (χ3n) is 1.61. The summed E-state index contributed by atoms with van der Waals surface area (Å²) in [7, 11) is 0. The highest BCUT2D eigenvalue weighted by molar-refractivity contribution is 9.10. The van der Waals surface area contributed by atoms with Crippen LogP contribution in [0.4, 0.5) is 0 Å². The van der Waals surface area contributed by atoms with Crippen molar-refractivity contribution in [1.29, 1.82) is 5.26 Å². The van der Waals surface area contributed by atoms with Gasteiger partial charge in [-0.3, -0.25) is 4.79 Å². The van der Waals surface area contributed by atoms with Crippen molar-refractivity contribution in [3.8, 4) is 6.07 Å². The van der Waals surface area contributed by atoms with Crippen LogP contribution in [-0.4, -0.2) is 17.4 Å². The molecule has 0 saturated heterocycles. The van der Waals surface area contributed by atoms with Crippen LogP contribution in [0.5, 0.6) is 0 Å². The molecule has 1 aromatic rings. The summed E-state index contributed by atoms with van der Waals surface area (Å²) < 4.78 is 0.307. The van der Waals surface area contributed by atoms with Crippen molar-refractivity contribution in [2.24, 2.45) is 0 Å². The Morgan fingerprint density at radius 3 is 2.64 bits per heavy atom. The molecule has 1 rings (SSSR count). The lowest BCUT2D eigenvalue weighted by Crippen LogP contribution is -2.00. The van der Waals surface area contributed by atoms with Gasteiger partial charge in [-0.15, -0.1) is 0 Å². The van der Waals surface area contributed by atoms with Crippen molar-refractivity contribution >= 4 is 28.2 Å². The Morgan fingerprint density at radius 2 is 2.21 bits per heavy atom. The minimum absolute atomic E-state index is 0.0297. The van der Waals surface area contributed by atoms with Gasteiger partial charge in [-0.1, -0.05) is 0 Å². The van der Waals surface area contributed by atoms with Gasteiger partial charge >= 0.3 is 5.97 Å². The van der Waals surface area contributed by atoms with E-state index < -0.39 is 5.97 Å². The maximum absolute atomic E-state index is 10.6. The van der Waals surface area contributed by atoms with Crippen molar-refractivity contribution in [1.82, 2.24) is 0 Å². The minimum atomic E-state index is -1.14. The Kier molecular flexibility index (Phi) is 2.99. The first-order chi connectivity index (χ1) is 6.60. The van der Waals surface area contributed by atoms with E-state index in [4.69, 9.17) is 10.4 Å². The molecule has 0 heterocycles. The van der Waals surface area contributed by atoms with Crippen molar-refractivity contribution in [2.45, 2.75) is 0 Å². The average molecular weight is 254 g/mol. The zero-order valence-electron chi connectivity index (χ0n) is 6.82. The topological polar surface area (TPSA) is 78.2 Å². The Hall–Kier alpha value is -1.67. The Balaban J connectivity index is 3.48. The first kappa shape index (κ1) is 10.4. The molecule has 0 aliphatic carbocycles. The molecule has 0 amide bonds. The Labute approximate surface area is 87.9 Å². The van der Waals surface area contributed by atoms with Crippen LogP contribution < -0.4 is 0 Å². The van der Waals surface area contributed by atoms with E-state index in [0.717, 1.165) is 0 Å². The van der Waals surface area contributed by atoms with Gasteiger partial charge in [-0.25, -0.2) is 4.79 Å². The molecule has 70 valence electrons. The van der Waals surface area contributed by atoms with E-state index in [9.17, 15) is 9.59 Å². The fourth-order valence-corrected chi connectivity index (χ4v) is 1.53. The highest BCUT2D eigenvalue weighted by Crippen LogP contribution is 2.21. The lowest BCUT2D eigenvalue weighted by atomic mass is 10.1. The van der Waals surface area contributed by atoms with Crippen LogP contribution in [0.3, 0.4) is 0 Å². The number of rotatable bonds is 2. The number of aromatic carboxylic acids is 1. The van der Waals surface area contributed by atoms with Crippen molar-refractivity contribution in [3.05, 3.63) is 33.3 Å². The zero-order valence-corrected chi connectivity index (χ0v) is 8.41. The molecule has 0 saturated carbocycles. The molecule has 0 radical (unpaired) electrons. The smallest absolute Gasteiger partial charge is 0.335 e. The summed E-state index contributed by atoms with van der Waals surface area (Å²) in [6.45, 7) is 0. The summed E-state index contributed by atoms with van der Waals surface area (Å²) in [5.41, 5.74) is 0.183. The van der Waals surface area contributed by atoms with Gasteiger partial charge in [0.05, 0.1) is 11.1 Å². The first-order valence-electron chi connectivity index (χ1n) is 3.52. The second-order valence-electron chi connectivity index (χ2n) is 2.46. The molecular formula is C9H4BrNO3. The Morgan fingerprint density at radius 1 is 1.57 bits per heavy atom. The molecule has 1 aromatic carbocycles. The normalized spacial score (nSPS) is 9.14. The van der Waals surface area contributed by atoms with E-state index in [-0.39, 0.29) is 16.7 Å². The fourth-order valence-electron chi connectivity index (χ4n) is 0.962. The third-order valence-corrected chi connectivity index (χ3v) is 2.23. The van der Waals surface area contributed by atoms with E-state index in [1.165, 1.54) is 12.1 Å². The van der Waals surface area contributed by atoms with Crippen LogP contribution in [0, 0.1) is 11.3 Å². The number of carbonyl (C=O) groups excluding carboxylic acids is 1. The molecule has 0 fully saturated rings. The molecule has 0 aromatic heterocycles. The summed E-state index contributed by atoms with van der Waals surface area (Å²) in [5, 5.41) is 17.3. The van der Waals surface area contributed by atoms with Crippen LogP contribution in [0.1, 0.15) is 26.3 Å². The molecule has 1 N–H and O–H groups in total. The van der Waals surface area contributed by atoms with Crippen molar-refractivity contribution in [2.75, 3.05) is 0 Å². The number of benzene rings is 1. The van der Waals surface area contributed by atoms with Gasteiger partial charge < -0.3 is 5.11 Å². The summed E-state index contributed by atoms with van der Waals surface area (Å²) in [6, 6.07) is 4.26. The lowest BCUT2D eigenvalue weighted by molar-refractivity contribution is 0.0697. The van der Waals surface area contributed by atoms with Gasteiger partial charge in [-0.2, -0.15) is 5.26 Å². The molecule has 0 aliphatic rings. The van der Waals surface area contributed by atoms with Crippen LogP contribution in [0.2, 0.25) is 0 Å². The van der Waals surface area contributed by atoms with E-state index in [1.807, 2.05) is 6.07 Å². The zero-order chi connectivity index (χ0) is 10.7. The van der Waals surface area contributed by atoms with E-state index in [0.29, 0.717) is 10.8 Å². The molecule has 0 bridgehead atoms. The second kappa shape index (κ2) is 4.03. The number of aldehydes is 1. The van der Waals surface area contributed by atoms with Gasteiger partial charge in [0.15, 0.2) is 6.29 Å². The van der Waals surface area contributed by atoms with Crippen LogP contribution >= 0.6 is 15.9 Å². The van der Waals surface area contributed by atoms with E-state index in [1.54, 1.807) is 0 Å². The van der Waals surface area contributed by atoms with Crippen molar-refractivity contribution < 1.29 is 14.7 Å². The predicted molar refractivity (Wildman–Crippen MR) is 51.2 cm³/mol. The van der Waals surface area contributed by atoms with Crippen LogP contribution in [-0.2, 0) is 0 Å².